The van der Waals surface area contributed by atoms with Gasteiger partial charge in [-0.2, -0.15) is 0 Å². The van der Waals surface area contributed by atoms with Crippen LogP contribution < -0.4 is 10.3 Å². The first-order valence-corrected chi connectivity index (χ1v) is 6.82. The first-order valence-electron chi connectivity index (χ1n) is 6.82. The topological polar surface area (TPSA) is 61.2 Å². The lowest BCUT2D eigenvalue weighted by atomic mass is 10.1. The van der Waals surface area contributed by atoms with Gasteiger partial charge >= 0.3 is 6.36 Å². The third-order valence-corrected chi connectivity index (χ3v) is 3.67. The van der Waals surface area contributed by atoms with E-state index < -0.39 is 23.5 Å². The van der Waals surface area contributed by atoms with Crippen molar-refractivity contribution in [1.29, 1.82) is 0 Å². The maximum absolute atomic E-state index is 12.6. The molecule has 0 N–H and O–H groups in total. The lowest BCUT2D eigenvalue weighted by Gasteiger charge is -2.10. The highest BCUT2D eigenvalue weighted by molar-refractivity contribution is 6.13. The Hall–Kier alpha value is -3.16. The standard InChI is InChI=1S/C16H7F3N2O3/c17-16(18,19)24-8-5-6-10-12(7-8)21-14(13(10)22)20-11-4-2-1-3-9(11)15(21)23/h1-7H. The highest BCUT2D eigenvalue weighted by atomic mass is 19.4. The van der Waals surface area contributed by atoms with E-state index in [1.54, 1.807) is 18.2 Å². The van der Waals surface area contributed by atoms with Gasteiger partial charge in [0.15, 0.2) is 5.82 Å². The minimum atomic E-state index is -4.87. The molecule has 0 bridgehead atoms. The molecular weight excluding hydrogens is 325 g/mol. The summed E-state index contributed by atoms with van der Waals surface area (Å²) < 4.78 is 42.0. The number of benzene rings is 2. The monoisotopic (exact) mass is 332 g/mol. The summed E-state index contributed by atoms with van der Waals surface area (Å²) in [6, 6.07) is 9.67. The van der Waals surface area contributed by atoms with Crippen LogP contribution in [0.2, 0.25) is 0 Å². The molecule has 0 aliphatic carbocycles. The average Bonchev–Trinajstić information content (AvgIpc) is 2.79. The molecule has 0 amide bonds. The quantitative estimate of drug-likeness (QED) is 0.538. The second-order valence-electron chi connectivity index (χ2n) is 5.15. The Morgan fingerprint density at radius 2 is 1.79 bits per heavy atom. The van der Waals surface area contributed by atoms with Crippen molar-refractivity contribution in [3.05, 3.63) is 64.2 Å². The molecule has 1 aromatic heterocycles. The van der Waals surface area contributed by atoms with Crippen LogP contribution in [0.4, 0.5) is 13.2 Å². The van der Waals surface area contributed by atoms with Crippen LogP contribution in [-0.2, 0) is 0 Å². The smallest absolute Gasteiger partial charge is 0.406 e. The van der Waals surface area contributed by atoms with Crippen molar-refractivity contribution in [2.45, 2.75) is 6.36 Å². The van der Waals surface area contributed by atoms with Crippen molar-refractivity contribution in [3.63, 3.8) is 0 Å². The summed E-state index contributed by atoms with van der Waals surface area (Å²) in [6.07, 6.45) is -4.87. The van der Waals surface area contributed by atoms with Gasteiger partial charge in [0.25, 0.3) is 5.56 Å². The van der Waals surface area contributed by atoms with E-state index >= 15 is 0 Å². The highest BCUT2D eigenvalue weighted by Crippen LogP contribution is 2.31. The molecule has 0 spiro atoms. The van der Waals surface area contributed by atoms with Crippen molar-refractivity contribution in [2.75, 3.05) is 0 Å². The number of hydrogen-bond donors (Lipinski definition) is 0. The largest absolute Gasteiger partial charge is 0.573 e. The van der Waals surface area contributed by atoms with Gasteiger partial charge < -0.3 is 4.74 Å². The minimum absolute atomic E-state index is 0.0278. The number of aromatic nitrogens is 2. The third-order valence-electron chi connectivity index (χ3n) is 3.67. The van der Waals surface area contributed by atoms with E-state index in [1.807, 2.05) is 0 Å². The van der Waals surface area contributed by atoms with Gasteiger partial charge in [0.05, 0.1) is 22.2 Å². The lowest BCUT2D eigenvalue weighted by Crippen LogP contribution is -2.21. The predicted octanol–water partition coefficient (Wildman–Crippen LogP) is 2.83. The molecule has 2 heterocycles. The Kier molecular flexibility index (Phi) is 2.81. The maximum atomic E-state index is 12.6. The van der Waals surface area contributed by atoms with Gasteiger partial charge in [-0.3, -0.25) is 14.2 Å². The molecule has 3 aromatic rings. The van der Waals surface area contributed by atoms with Crippen molar-refractivity contribution < 1.29 is 22.7 Å². The number of alkyl halides is 3. The fraction of sp³-hybridized carbons (Fsp3) is 0.0625. The normalized spacial score (nSPS) is 13.0. The number of carbonyl (C=O) groups is 1. The third kappa shape index (κ3) is 2.07. The molecule has 0 fully saturated rings. The van der Waals surface area contributed by atoms with Crippen LogP contribution in [0.1, 0.15) is 16.2 Å². The lowest BCUT2D eigenvalue weighted by molar-refractivity contribution is -0.274. The number of ketones is 1. The Morgan fingerprint density at radius 1 is 1.04 bits per heavy atom. The van der Waals surface area contributed by atoms with Gasteiger partial charge in [-0.05, 0) is 24.3 Å². The van der Waals surface area contributed by atoms with Crippen LogP contribution >= 0.6 is 0 Å². The van der Waals surface area contributed by atoms with Crippen LogP contribution in [-0.4, -0.2) is 21.7 Å². The first kappa shape index (κ1) is 14.4. The van der Waals surface area contributed by atoms with E-state index in [4.69, 9.17) is 0 Å². The molecule has 4 rings (SSSR count). The summed E-state index contributed by atoms with van der Waals surface area (Å²) in [7, 11) is 0. The number of fused-ring (bicyclic) bond motifs is 4. The van der Waals surface area contributed by atoms with Gasteiger partial charge in [-0.15, -0.1) is 13.2 Å². The summed E-state index contributed by atoms with van der Waals surface area (Å²) >= 11 is 0. The molecule has 0 atom stereocenters. The van der Waals surface area contributed by atoms with Crippen LogP contribution in [0.25, 0.3) is 16.6 Å². The molecule has 24 heavy (non-hydrogen) atoms. The second kappa shape index (κ2) is 4.67. The summed E-state index contributed by atoms with van der Waals surface area (Å²) in [6.45, 7) is 0. The Bertz CT molecular complexity index is 1070. The zero-order valence-electron chi connectivity index (χ0n) is 11.8. The van der Waals surface area contributed by atoms with E-state index in [1.165, 1.54) is 12.1 Å². The Balaban J connectivity index is 1.99. The number of hydrogen-bond acceptors (Lipinski definition) is 4. The van der Waals surface area contributed by atoms with Crippen LogP contribution in [0.15, 0.2) is 47.3 Å². The molecule has 1 aliphatic rings. The zero-order chi connectivity index (χ0) is 17.1. The number of halogens is 3. The van der Waals surface area contributed by atoms with E-state index in [-0.39, 0.29) is 22.5 Å². The van der Waals surface area contributed by atoms with Gasteiger partial charge in [-0.1, -0.05) is 12.1 Å². The molecule has 120 valence electrons. The molecule has 1 aliphatic heterocycles. The van der Waals surface area contributed by atoms with E-state index in [2.05, 4.69) is 9.72 Å². The Labute approximate surface area is 131 Å². The average molecular weight is 332 g/mol. The number of nitrogens with zero attached hydrogens (tertiary/aromatic N) is 2. The molecule has 5 nitrogen and oxygen atoms in total. The number of ether oxygens (including phenoxy) is 1. The van der Waals surface area contributed by atoms with Crippen molar-refractivity contribution in [3.8, 4) is 11.4 Å². The molecular formula is C16H7F3N2O3. The summed E-state index contributed by atoms with van der Waals surface area (Å²) in [5, 5.41) is 0.268. The van der Waals surface area contributed by atoms with Gasteiger partial charge in [0, 0.05) is 6.07 Å². The van der Waals surface area contributed by atoms with E-state index in [9.17, 15) is 22.8 Å². The Morgan fingerprint density at radius 3 is 2.54 bits per heavy atom. The van der Waals surface area contributed by atoms with Crippen LogP contribution in [0.3, 0.4) is 0 Å². The molecule has 0 saturated heterocycles. The minimum Gasteiger partial charge on any atom is -0.406 e. The first-order chi connectivity index (χ1) is 11.3. The number of rotatable bonds is 1. The van der Waals surface area contributed by atoms with Crippen molar-refractivity contribution in [1.82, 2.24) is 9.55 Å². The number of carbonyl (C=O) groups excluding carboxylic acids is 1. The van der Waals surface area contributed by atoms with Gasteiger partial charge in [0.1, 0.15) is 5.75 Å². The molecule has 2 aromatic carbocycles. The fourth-order valence-electron chi connectivity index (χ4n) is 2.71. The number of para-hydroxylation sites is 1. The summed E-state index contributed by atoms with van der Waals surface area (Å²) in [5.41, 5.74) is -0.0436. The predicted molar refractivity (Wildman–Crippen MR) is 77.5 cm³/mol. The zero-order valence-corrected chi connectivity index (χ0v) is 11.8. The summed E-state index contributed by atoms with van der Waals surface area (Å²) in [5.74, 6) is -1.16. The molecule has 0 unspecified atom stereocenters. The molecule has 0 saturated carbocycles. The maximum Gasteiger partial charge on any atom is 0.573 e. The fourth-order valence-corrected chi connectivity index (χ4v) is 2.71. The molecule has 8 heteroatoms. The van der Waals surface area contributed by atoms with Crippen molar-refractivity contribution >= 4 is 16.7 Å². The van der Waals surface area contributed by atoms with E-state index in [0.717, 1.165) is 16.7 Å². The SMILES string of the molecule is O=C1c2ccc(OC(F)(F)F)cc2-n2c1nc1ccccc1c2=O. The van der Waals surface area contributed by atoms with E-state index in [0.29, 0.717) is 5.52 Å². The second-order valence-corrected chi connectivity index (χ2v) is 5.15. The van der Waals surface area contributed by atoms with Crippen molar-refractivity contribution in [2.24, 2.45) is 0 Å². The molecule has 0 radical (unpaired) electrons. The van der Waals surface area contributed by atoms with Crippen LogP contribution in [0.5, 0.6) is 5.75 Å². The van der Waals surface area contributed by atoms with Gasteiger partial charge in [0.2, 0.25) is 5.78 Å². The van der Waals surface area contributed by atoms with Crippen LogP contribution in [0, 0.1) is 0 Å². The highest BCUT2D eigenvalue weighted by Gasteiger charge is 2.34. The summed E-state index contributed by atoms with van der Waals surface area (Å²) in [4.78, 5) is 29.2. The van der Waals surface area contributed by atoms with Gasteiger partial charge in [-0.25, -0.2) is 4.98 Å².